The first-order valence-corrected chi connectivity index (χ1v) is 9.93. The summed E-state index contributed by atoms with van der Waals surface area (Å²) in [7, 11) is 0. The molecule has 146 valence electrons. The number of hydrogen-bond donors (Lipinski definition) is 1. The summed E-state index contributed by atoms with van der Waals surface area (Å²) in [6.07, 6.45) is 0. The van der Waals surface area contributed by atoms with E-state index in [1.54, 1.807) is 0 Å². The molecule has 28 heavy (non-hydrogen) atoms. The fourth-order valence-electron chi connectivity index (χ4n) is 2.55. The average Bonchev–Trinajstić information content (AvgIpc) is 3.14. The minimum absolute atomic E-state index is 0.0716. The summed E-state index contributed by atoms with van der Waals surface area (Å²) in [4.78, 5) is 12.4. The van der Waals surface area contributed by atoms with Gasteiger partial charge < -0.3 is 14.5 Å². The summed E-state index contributed by atoms with van der Waals surface area (Å²) in [5.74, 6) is 1.03. The lowest BCUT2D eigenvalue weighted by Crippen LogP contribution is -2.33. The van der Waals surface area contributed by atoms with Gasteiger partial charge in [-0.1, -0.05) is 54.2 Å². The number of rotatable bonds is 8. The summed E-state index contributed by atoms with van der Waals surface area (Å²) in [5.41, 5.74) is 2.17. The maximum atomic E-state index is 12.4. The summed E-state index contributed by atoms with van der Waals surface area (Å²) < 4.78 is 11.2. The van der Waals surface area contributed by atoms with Crippen molar-refractivity contribution in [3.63, 3.8) is 0 Å². The standard InChI is InChI=1S/C21H23N3O3S/c1-14-8-7-11-18(12-14)26-13-19-23-24-21(27-19)28-16(3)20(25)22-15(2)17-9-5-4-6-10-17/h4-12,15-16H,13H2,1-3H3,(H,22,25). The lowest BCUT2D eigenvalue weighted by Gasteiger charge is -2.16. The van der Waals surface area contributed by atoms with E-state index in [-0.39, 0.29) is 23.8 Å². The van der Waals surface area contributed by atoms with E-state index >= 15 is 0 Å². The fraction of sp³-hybridized carbons (Fsp3) is 0.286. The van der Waals surface area contributed by atoms with Crippen molar-refractivity contribution in [1.82, 2.24) is 15.5 Å². The Morgan fingerprint density at radius 2 is 1.93 bits per heavy atom. The number of aromatic nitrogens is 2. The van der Waals surface area contributed by atoms with Gasteiger partial charge in [0.15, 0.2) is 6.61 Å². The van der Waals surface area contributed by atoms with Crippen molar-refractivity contribution in [3.05, 3.63) is 71.6 Å². The van der Waals surface area contributed by atoms with Crippen molar-refractivity contribution in [2.45, 2.75) is 43.9 Å². The molecule has 0 bridgehead atoms. The average molecular weight is 398 g/mol. The molecular formula is C21H23N3O3S. The monoisotopic (exact) mass is 397 g/mol. The third kappa shape index (κ3) is 5.60. The molecule has 2 unspecified atom stereocenters. The molecule has 0 aliphatic carbocycles. The molecule has 0 spiro atoms. The second-order valence-corrected chi connectivity index (χ2v) is 7.76. The van der Waals surface area contributed by atoms with Crippen LogP contribution < -0.4 is 10.1 Å². The number of ether oxygens (including phenoxy) is 1. The van der Waals surface area contributed by atoms with Crippen LogP contribution in [0.2, 0.25) is 0 Å². The summed E-state index contributed by atoms with van der Waals surface area (Å²) in [6.45, 7) is 5.95. The molecule has 7 heteroatoms. The van der Waals surface area contributed by atoms with Crippen LogP contribution in [0, 0.1) is 6.92 Å². The first kappa shape index (κ1) is 19.9. The van der Waals surface area contributed by atoms with E-state index in [2.05, 4.69) is 15.5 Å². The van der Waals surface area contributed by atoms with Gasteiger partial charge in [0, 0.05) is 0 Å². The molecule has 0 saturated heterocycles. The predicted molar refractivity (Wildman–Crippen MR) is 108 cm³/mol. The van der Waals surface area contributed by atoms with Crippen molar-refractivity contribution in [1.29, 1.82) is 0 Å². The lowest BCUT2D eigenvalue weighted by atomic mass is 10.1. The van der Waals surface area contributed by atoms with Crippen molar-refractivity contribution < 1.29 is 13.9 Å². The number of amides is 1. The Morgan fingerprint density at radius 3 is 2.68 bits per heavy atom. The zero-order valence-corrected chi connectivity index (χ0v) is 16.9. The van der Waals surface area contributed by atoms with E-state index in [9.17, 15) is 4.79 Å². The number of thioether (sulfide) groups is 1. The number of nitrogens with zero attached hydrogens (tertiary/aromatic N) is 2. The highest BCUT2D eigenvalue weighted by molar-refractivity contribution is 8.00. The highest BCUT2D eigenvalue weighted by Gasteiger charge is 2.20. The number of carbonyl (C=O) groups is 1. The van der Waals surface area contributed by atoms with Crippen LogP contribution in [0.3, 0.4) is 0 Å². The second kappa shape index (κ2) is 9.41. The Kier molecular flexibility index (Phi) is 6.71. The van der Waals surface area contributed by atoms with Crippen molar-refractivity contribution in [2.75, 3.05) is 0 Å². The van der Waals surface area contributed by atoms with Crippen LogP contribution in [0.15, 0.2) is 64.2 Å². The number of nitrogens with one attached hydrogen (secondary N) is 1. The third-order valence-corrected chi connectivity index (χ3v) is 5.04. The van der Waals surface area contributed by atoms with Crippen LogP contribution in [-0.2, 0) is 11.4 Å². The smallest absolute Gasteiger partial charge is 0.277 e. The predicted octanol–water partition coefficient (Wildman–Crippen LogP) is 4.32. The summed E-state index contributed by atoms with van der Waals surface area (Å²) in [5, 5.41) is 11.0. The van der Waals surface area contributed by atoms with Gasteiger partial charge in [0.05, 0.1) is 11.3 Å². The highest BCUT2D eigenvalue weighted by Crippen LogP contribution is 2.23. The Balaban J connectivity index is 1.50. The molecule has 0 aliphatic heterocycles. The van der Waals surface area contributed by atoms with E-state index in [1.807, 2.05) is 75.4 Å². The van der Waals surface area contributed by atoms with Crippen LogP contribution in [0.4, 0.5) is 0 Å². The molecule has 1 amide bonds. The van der Waals surface area contributed by atoms with Gasteiger partial charge in [-0.3, -0.25) is 4.79 Å². The molecule has 6 nitrogen and oxygen atoms in total. The number of benzene rings is 2. The van der Waals surface area contributed by atoms with E-state index in [1.165, 1.54) is 11.8 Å². The van der Waals surface area contributed by atoms with Crippen molar-refractivity contribution in [3.8, 4) is 5.75 Å². The Hall–Kier alpha value is -2.80. The molecule has 2 atom stereocenters. The van der Waals surface area contributed by atoms with Crippen LogP contribution in [0.1, 0.15) is 36.9 Å². The minimum Gasteiger partial charge on any atom is -0.484 e. The van der Waals surface area contributed by atoms with Gasteiger partial charge in [-0.25, -0.2) is 0 Å². The number of aryl methyl sites for hydroxylation is 1. The largest absolute Gasteiger partial charge is 0.484 e. The Bertz CT molecular complexity index is 914. The van der Waals surface area contributed by atoms with E-state index in [0.29, 0.717) is 11.1 Å². The molecule has 0 aliphatic rings. The number of carbonyl (C=O) groups excluding carboxylic acids is 1. The third-order valence-electron chi connectivity index (χ3n) is 4.11. The maximum Gasteiger partial charge on any atom is 0.277 e. The molecule has 2 aromatic carbocycles. The lowest BCUT2D eigenvalue weighted by molar-refractivity contribution is -0.120. The topological polar surface area (TPSA) is 77.2 Å². The SMILES string of the molecule is Cc1cccc(OCc2nnc(SC(C)C(=O)NC(C)c3ccccc3)o2)c1. The summed E-state index contributed by atoms with van der Waals surface area (Å²) in [6, 6.07) is 17.5. The van der Waals surface area contributed by atoms with Crippen LogP contribution in [0.5, 0.6) is 5.75 Å². The van der Waals surface area contributed by atoms with E-state index in [0.717, 1.165) is 16.9 Å². The maximum absolute atomic E-state index is 12.4. The van der Waals surface area contributed by atoms with Gasteiger partial charge in [0.1, 0.15) is 5.75 Å². The molecule has 0 saturated carbocycles. The molecule has 1 N–H and O–H groups in total. The minimum atomic E-state index is -0.364. The van der Waals surface area contributed by atoms with Crippen LogP contribution in [0.25, 0.3) is 0 Å². The zero-order valence-electron chi connectivity index (χ0n) is 16.1. The molecule has 1 aromatic heterocycles. The fourth-order valence-corrected chi connectivity index (χ4v) is 3.26. The quantitative estimate of drug-likeness (QED) is 0.571. The van der Waals surface area contributed by atoms with E-state index in [4.69, 9.17) is 9.15 Å². The molecule has 3 rings (SSSR count). The molecule has 3 aromatic rings. The van der Waals surface area contributed by atoms with Gasteiger partial charge in [-0.05, 0) is 44.0 Å². The summed E-state index contributed by atoms with van der Waals surface area (Å²) >= 11 is 1.23. The van der Waals surface area contributed by atoms with Crippen molar-refractivity contribution in [2.24, 2.45) is 0 Å². The normalized spacial score (nSPS) is 13.0. The Labute approximate surface area is 168 Å². The first-order valence-electron chi connectivity index (χ1n) is 9.05. The number of hydrogen-bond acceptors (Lipinski definition) is 6. The molecular weight excluding hydrogens is 374 g/mol. The van der Waals surface area contributed by atoms with Gasteiger partial charge in [0.2, 0.25) is 5.91 Å². The highest BCUT2D eigenvalue weighted by atomic mass is 32.2. The Morgan fingerprint density at radius 1 is 1.14 bits per heavy atom. The van der Waals surface area contributed by atoms with Gasteiger partial charge in [-0.15, -0.1) is 10.2 Å². The van der Waals surface area contributed by atoms with Gasteiger partial charge in [-0.2, -0.15) is 0 Å². The zero-order chi connectivity index (χ0) is 19.9. The first-order chi connectivity index (χ1) is 13.5. The van der Waals surface area contributed by atoms with Gasteiger partial charge in [0.25, 0.3) is 11.1 Å². The molecule has 0 fully saturated rings. The second-order valence-electron chi connectivity index (χ2n) is 6.47. The molecule has 1 heterocycles. The van der Waals surface area contributed by atoms with Crippen LogP contribution >= 0.6 is 11.8 Å². The van der Waals surface area contributed by atoms with Crippen LogP contribution in [-0.4, -0.2) is 21.4 Å². The molecule has 0 radical (unpaired) electrons. The van der Waals surface area contributed by atoms with Crippen molar-refractivity contribution >= 4 is 17.7 Å². The van der Waals surface area contributed by atoms with E-state index < -0.39 is 0 Å². The van der Waals surface area contributed by atoms with Gasteiger partial charge >= 0.3 is 0 Å².